The number of allylic oxidation sites excluding steroid dienone is 2. The van der Waals surface area contributed by atoms with Crippen LogP contribution in [0.15, 0.2) is 11.6 Å². The van der Waals surface area contributed by atoms with Crippen molar-refractivity contribution < 1.29 is 4.79 Å². The lowest BCUT2D eigenvalue weighted by molar-refractivity contribution is -0.108. The number of carbonyl (C=O) groups is 1. The molecule has 0 N–H and O–H groups in total. The molecule has 2 atom stereocenters. The van der Waals surface area contributed by atoms with Crippen molar-refractivity contribution in [3.63, 3.8) is 0 Å². The van der Waals surface area contributed by atoms with Gasteiger partial charge < -0.3 is 4.79 Å². The van der Waals surface area contributed by atoms with Crippen LogP contribution in [-0.4, -0.2) is 6.29 Å². The van der Waals surface area contributed by atoms with Gasteiger partial charge in [-0.1, -0.05) is 25.5 Å². The van der Waals surface area contributed by atoms with Crippen molar-refractivity contribution in [3.05, 3.63) is 11.6 Å². The Bertz CT molecular complexity index is 154. The van der Waals surface area contributed by atoms with Gasteiger partial charge in [-0.05, 0) is 32.1 Å². The summed E-state index contributed by atoms with van der Waals surface area (Å²) in [4.78, 5) is 10.2. The molecule has 0 heterocycles. The molecule has 0 fully saturated rings. The number of aldehydes is 1. The SMILES string of the molecule is CC(C)=CC(C)CC(C)CC=O. The summed E-state index contributed by atoms with van der Waals surface area (Å²) in [7, 11) is 0. The highest BCUT2D eigenvalue weighted by Gasteiger charge is 2.05. The van der Waals surface area contributed by atoms with Gasteiger partial charge in [-0.15, -0.1) is 0 Å². The number of rotatable bonds is 5. The zero-order valence-corrected chi connectivity index (χ0v) is 8.63. The number of carbonyl (C=O) groups excluding carboxylic acids is 1. The van der Waals surface area contributed by atoms with Gasteiger partial charge in [-0.3, -0.25) is 0 Å². The maximum Gasteiger partial charge on any atom is 0.120 e. The lowest BCUT2D eigenvalue weighted by atomic mass is 9.94. The Balaban J connectivity index is 3.75. The molecule has 0 spiro atoms. The molecule has 1 nitrogen and oxygen atoms in total. The van der Waals surface area contributed by atoms with Gasteiger partial charge in [0.1, 0.15) is 6.29 Å². The summed E-state index contributed by atoms with van der Waals surface area (Å²) in [6, 6.07) is 0. The summed E-state index contributed by atoms with van der Waals surface area (Å²) in [5, 5.41) is 0. The molecule has 0 amide bonds. The zero-order chi connectivity index (χ0) is 9.56. The summed E-state index contributed by atoms with van der Waals surface area (Å²) in [5.41, 5.74) is 1.36. The van der Waals surface area contributed by atoms with E-state index < -0.39 is 0 Å². The second-order valence-corrected chi connectivity index (χ2v) is 3.96. The number of hydrogen-bond acceptors (Lipinski definition) is 1. The lowest BCUT2D eigenvalue weighted by Gasteiger charge is -2.11. The topological polar surface area (TPSA) is 17.1 Å². The summed E-state index contributed by atoms with van der Waals surface area (Å²) in [6.45, 7) is 8.56. The van der Waals surface area contributed by atoms with E-state index in [1.165, 1.54) is 5.57 Å². The first-order chi connectivity index (χ1) is 5.56. The fourth-order valence-corrected chi connectivity index (χ4v) is 1.53. The van der Waals surface area contributed by atoms with E-state index in [9.17, 15) is 4.79 Å². The van der Waals surface area contributed by atoms with Gasteiger partial charge in [-0.25, -0.2) is 0 Å². The minimum absolute atomic E-state index is 0.521. The molecule has 12 heavy (non-hydrogen) atoms. The van der Waals surface area contributed by atoms with Crippen molar-refractivity contribution in [2.24, 2.45) is 11.8 Å². The first kappa shape index (κ1) is 11.4. The third-order valence-corrected chi connectivity index (χ3v) is 1.89. The molecule has 0 aliphatic carbocycles. The van der Waals surface area contributed by atoms with Gasteiger partial charge in [-0.2, -0.15) is 0 Å². The fourth-order valence-electron chi connectivity index (χ4n) is 1.53. The third-order valence-electron chi connectivity index (χ3n) is 1.89. The van der Waals surface area contributed by atoms with E-state index in [-0.39, 0.29) is 0 Å². The quantitative estimate of drug-likeness (QED) is 0.455. The molecule has 0 aromatic carbocycles. The van der Waals surface area contributed by atoms with Gasteiger partial charge >= 0.3 is 0 Å². The molecule has 0 bridgehead atoms. The van der Waals surface area contributed by atoms with Crippen LogP contribution in [-0.2, 0) is 4.79 Å². The monoisotopic (exact) mass is 168 g/mol. The lowest BCUT2D eigenvalue weighted by Crippen LogP contribution is -2.01. The molecular weight excluding hydrogens is 148 g/mol. The standard InChI is InChI=1S/C11H20O/c1-9(2)7-11(4)8-10(3)5-6-12/h6-7,10-11H,5,8H2,1-4H3. The van der Waals surface area contributed by atoms with Gasteiger partial charge in [0.05, 0.1) is 0 Å². The second kappa shape index (κ2) is 5.99. The molecule has 0 aromatic rings. The van der Waals surface area contributed by atoms with Crippen molar-refractivity contribution in [2.45, 2.75) is 40.5 Å². The minimum Gasteiger partial charge on any atom is -0.303 e. The molecule has 0 saturated heterocycles. The van der Waals surface area contributed by atoms with Gasteiger partial charge in [0.2, 0.25) is 0 Å². The highest BCUT2D eigenvalue weighted by atomic mass is 16.1. The Morgan fingerprint density at radius 2 is 1.92 bits per heavy atom. The molecule has 1 heteroatoms. The molecule has 0 aliphatic rings. The summed E-state index contributed by atoms with van der Waals surface area (Å²) in [6.07, 6.45) is 5.09. The van der Waals surface area contributed by atoms with E-state index in [1.807, 2.05) is 0 Å². The third kappa shape index (κ3) is 6.14. The van der Waals surface area contributed by atoms with Crippen LogP contribution in [0.25, 0.3) is 0 Å². The van der Waals surface area contributed by atoms with Crippen LogP contribution in [0.4, 0.5) is 0 Å². The molecule has 0 radical (unpaired) electrons. The molecule has 0 aromatic heterocycles. The van der Waals surface area contributed by atoms with E-state index >= 15 is 0 Å². The van der Waals surface area contributed by atoms with Gasteiger partial charge in [0.25, 0.3) is 0 Å². The smallest absolute Gasteiger partial charge is 0.120 e. The Kier molecular flexibility index (Phi) is 5.69. The largest absolute Gasteiger partial charge is 0.303 e. The van der Waals surface area contributed by atoms with Crippen LogP contribution in [0.1, 0.15) is 40.5 Å². The highest BCUT2D eigenvalue weighted by Crippen LogP contribution is 2.16. The summed E-state index contributed by atoms with van der Waals surface area (Å²) in [5.74, 6) is 1.12. The van der Waals surface area contributed by atoms with Crippen molar-refractivity contribution in [1.29, 1.82) is 0 Å². The molecule has 0 aliphatic heterocycles. The summed E-state index contributed by atoms with van der Waals surface area (Å²) < 4.78 is 0. The molecule has 70 valence electrons. The molecular formula is C11H20O. The van der Waals surface area contributed by atoms with E-state index in [2.05, 4.69) is 33.8 Å². The van der Waals surface area contributed by atoms with E-state index in [4.69, 9.17) is 0 Å². The Hall–Kier alpha value is -0.590. The minimum atomic E-state index is 0.521. The van der Waals surface area contributed by atoms with Crippen LogP contribution in [0.2, 0.25) is 0 Å². The van der Waals surface area contributed by atoms with E-state index in [1.54, 1.807) is 0 Å². The van der Waals surface area contributed by atoms with Crippen LogP contribution in [0.3, 0.4) is 0 Å². The molecule has 2 unspecified atom stereocenters. The normalized spacial score (nSPS) is 15.0. The van der Waals surface area contributed by atoms with E-state index in [0.29, 0.717) is 18.3 Å². The van der Waals surface area contributed by atoms with Crippen LogP contribution in [0, 0.1) is 11.8 Å². The van der Waals surface area contributed by atoms with Crippen LogP contribution in [0.5, 0.6) is 0 Å². The van der Waals surface area contributed by atoms with Gasteiger partial charge in [0, 0.05) is 6.42 Å². The Morgan fingerprint density at radius 1 is 1.33 bits per heavy atom. The average molecular weight is 168 g/mol. The predicted octanol–water partition coefficient (Wildman–Crippen LogP) is 3.20. The van der Waals surface area contributed by atoms with Crippen LogP contribution >= 0.6 is 0 Å². The van der Waals surface area contributed by atoms with Crippen molar-refractivity contribution in [3.8, 4) is 0 Å². The second-order valence-electron chi connectivity index (χ2n) is 3.96. The number of hydrogen-bond donors (Lipinski definition) is 0. The molecule has 0 saturated carbocycles. The highest BCUT2D eigenvalue weighted by molar-refractivity contribution is 5.49. The average Bonchev–Trinajstić information content (AvgIpc) is 1.84. The van der Waals surface area contributed by atoms with Gasteiger partial charge in [0.15, 0.2) is 0 Å². The Morgan fingerprint density at radius 3 is 2.33 bits per heavy atom. The van der Waals surface area contributed by atoms with Crippen molar-refractivity contribution in [2.75, 3.05) is 0 Å². The maximum absolute atomic E-state index is 10.2. The fraction of sp³-hybridized carbons (Fsp3) is 0.727. The first-order valence-corrected chi connectivity index (χ1v) is 4.65. The first-order valence-electron chi connectivity index (χ1n) is 4.65. The summed E-state index contributed by atoms with van der Waals surface area (Å²) >= 11 is 0. The van der Waals surface area contributed by atoms with Crippen molar-refractivity contribution >= 4 is 6.29 Å². The van der Waals surface area contributed by atoms with Crippen LogP contribution < -0.4 is 0 Å². The predicted molar refractivity (Wildman–Crippen MR) is 53.1 cm³/mol. The van der Waals surface area contributed by atoms with E-state index in [0.717, 1.165) is 12.7 Å². The molecule has 0 rings (SSSR count). The van der Waals surface area contributed by atoms with Crippen molar-refractivity contribution in [1.82, 2.24) is 0 Å². The zero-order valence-electron chi connectivity index (χ0n) is 8.63. The maximum atomic E-state index is 10.2. The Labute approximate surface area is 75.9 Å².